The van der Waals surface area contributed by atoms with Gasteiger partial charge in [-0.2, -0.15) is 0 Å². The van der Waals surface area contributed by atoms with E-state index in [4.69, 9.17) is 31.4 Å². The number of fused-ring (bicyclic) bond motifs is 2. The van der Waals surface area contributed by atoms with Crippen LogP contribution in [0, 0.1) is 0 Å². The second-order valence-corrected chi connectivity index (χ2v) is 14.0. The fourth-order valence-corrected chi connectivity index (χ4v) is 7.47. The van der Waals surface area contributed by atoms with Crippen LogP contribution in [0.4, 0.5) is 11.6 Å². The van der Waals surface area contributed by atoms with E-state index in [0.29, 0.717) is 40.9 Å². The molecule has 3 heterocycles. The van der Waals surface area contributed by atoms with Gasteiger partial charge in [0.25, 0.3) is 0 Å². The van der Waals surface area contributed by atoms with Crippen LogP contribution < -0.4 is 32.0 Å². The van der Waals surface area contributed by atoms with Gasteiger partial charge >= 0.3 is 0 Å². The predicted molar refractivity (Wildman–Crippen MR) is 208 cm³/mol. The Balaban J connectivity index is 1.39. The Hall–Kier alpha value is -5.85. The number of hydrogen-bond acceptors (Lipinski definition) is 15. The molecule has 17 nitrogen and oxygen atoms in total. The molecule has 0 radical (unpaired) electrons. The number of aliphatic imine (C=N–C) groups is 1. The summed E-state index contributed by atoms with van der Waals surface area (Å²) in [5.74, 6) is -1.22. The first-order valence-electron chi connectivity index (χ1n) is 18.3. The number of phenols is 1. The molecule has 5 atom stereocenters. The molecule has 2 aromatic heterocycles. The zero-order valence-corrected chi connectivity index (χ0v) is 31.7. The van der Waals surface area contributed by atoms with Crippen molar-refractivity contribution in [2.45, 2.75) is 75.8 Å². The summed E-state index contributed by atoms with van der Waals surface area (Å²) in [6.45, 7) is 0.952. The summed E-state index contributed by atoms with van der Waals surface area (Å²) in [6.07, 6.45) is -2.85. The van der Waals surface area contributed by atoms with E-state index in [9.17, 15) is 35.1 Å². The molecule has 1 aliphatic heterocycles. The van der Waals surface area contributed by atoms with Crippen molar-refractivity contribution in [3.05, 3.63) is 98.9 Å². The summed E-state index contributed by atoms with van der Waals surface area (Å²) in [7, 11) is 2.86. The summed E-state index contributed by atoms with van der Waals surface area (Å²) in [5.41, 5.74) is 17.5. The lowest BCUT2D eigenvalue weighted by atomic mass is 9.77. The van der Waals surface area contributed by atoms with Gasteiger partial charge in [0.05, 0.1) is 24.8 Å². The number of aromatic nitrogens is 2. The lowest BCUT2D eigenvalue weighted by Gasteiger charge is -2.48. The zero-order chi connectivity index (χ0) is 41.2. The van der Waals surface area contributed by atoms with Crippen molar-refractivity contribution in [1.82, 2.24) is 15.3 Å². The number of aromatic hydroxyl groups is 1. The number of pyridine rings is 2. The van der Waals surface area contributed by atoms with Crippen molar-refractivity contribution < 1.29 is 49.3 Å². The number of nitrogens with zero attached hydrogens (tertiary/aromatic N) is 3. The Labute approximate surface area is 328 Å². The number of nitrogens with two attached hydrogens (primary N) is 3. The molecule has 0 amide bonds. The topological polar surface area (TPSA) is 291 Å². The first-order chi connectivity index (χ1) is 27.3. The minimum absolute atomic E-state index is 0.0386. The number of anilines is 2. The number of aliphatic hydroxyl groups is 4. The lowest BCUT2D eigenvalue weighted by molar-refractivity contribution is -0.314. The molecule has 2 aliphatic rings. The number of benzene rings is 2. The van der Waals surface area contributed by atoms with E-state index >= 15 is 0 Å². The maximum atomic E-state index is 14.7. The summed E-state index contributed by atoms with van der Waals surface area (Å²) >= 11 is 0. The monoisotopic (exact) mass is 785 g/mol. The maximum Gasteiger partial charge on any atom is 0.229 e. The third-order valence-electron chi connectivity index (χ3n) is 10.6. The highest BCUT2D eigenvalue weighted by molar-refractivity contribution is 6.31. The van der Waals surface area contributed by atoms with Gasteiger partial charge in [-0.3, -0.25) is 14.6 Å². The van der Waals surface area contributed by atoms with Gasteiger partial charge in [0.2, 0.25) is 12.1 Å². The van der Waals surface area contributed by atoms with E-state index in [1.54, 1.807) is 37.4 Å². The van der Waals surface area contributed by atoms with E-state index in [1.165, 1.54) is 26.4 Å². The molecule has 1 fully saturated rings. The number of hydrogen-bond donors (Lipinski definition) is 9. The number of nitrogen functional groups attached to an aromatic ring is 2. The van der Waals surface area contributed by atoms with E-state index in [0.717, 1.165) is 5.56 Å². The first kappa shape index (κ1) is 40.8. The molecule has 2 aromatic carbocycles. The van der Waals surface area contributed by atoms with Crippen molar-refractivity contribution in [1.29, 1.82) is 0 Å². The molecule has 4 aromatic rings. The number of rotatable bonds is 13. The Bertz CT molecular complexity index is 2190. The molecule has 0 spiro atoms. The van der Waals surface area contributed by atoms with Crippen LogP contribution in [-0.2, 0) is 37.0 Å². The Morgan fingerprint density at radius 3 is 2.39 bits per heavy atom. The predicted octanol–water partition coefficient (Wildman–Crippen LogP) is 0.694. The second-order valence-electron chi connectivity index (χ2n) is 14.0. The van der Waals surface area contributed by atoms with Crippen LogP contribution in [0.1, 0.15) is 73.0 Å². The highest BCUT2D eigenvalue weighted by atomic mass is 16.7. The Morgan fingerprint density at radius 2 is 1.74 bits per heavy atom. The van der Waals surface area contributed by atoms with Gasteiger partial charge in [0.15, 0.2) is 11.7 Å². The van der Waals surface area contributed by atoms with Gasteiger partial charge in [0.1, 0.15) is 52.8 Å². The van der Waals surface area contributed by atoms with Crippen molar-refractivity contribution in [3.8, 4) is 17.2 Å². The normalized spacial score (nSPS) is 21.8. The van der Waals surface area contributed by atoms with Crippen LogP contribution >= 0.6 is 0 Å². The van der Waals surface area contributed by atoms with Crippen LogP contribution in [0.15, 0.2) is 53.8 Å². The molecule has 302 valence electrons. The molecule has 0 bridgehead atoms. The minimum atomic E-state index is -2.15. The standard InChI is InChI=1S/C40H47N7O10/c1-4-22-25(55-3)15-26(56-38-36(52)37(53)40(54,27(18-48)57-38)11-9-19-10-12-45-29(42)13-19)32-30(22)33(49)23-14-21(7-5-20-6-8-28(41)46-16-20)24(17-47-39(43)44-2)34(50)31(23)35(32)51/h6,8,10,12-16,27,36-38,48,50,52-54H,4-5,7,9,11,17-18H2,1-3H3,(H2,41,46)(H2,42,45)(H3,43,44,47)/t27-,36-,37-,38-,40-/m1/s1. The summed E-state index contributed by atoms with van der Waals surface area (Å²) in [5, 5.41) is 59.4. The smallest absolute Gasteiger partial charge is 0.229 e. The number of guanidine groups is 1. The fraction of sp³-hybridized carbons (Fsp3) is 0.375. The number of phenolic OH excluding ortho intramolecular Hbond substituents is 1. The largest absolute Gasteiger partial charge is 0.507 e. The molecular formula is C40H47N7O10. The van der Waals surface area contributed by atoms with Crippen LogP contribution in [0.25, 0.3) is 0 Å². The molecule has 6 rings (SSSR count). The number of ether oxygens (including phenoxy) is 3. The minimum Gasteiger partial charge on any atom is -0.507 e. The van der Waals surface area contributed by atoms with Crippen molar-refractivity contribution in [3.63, 3.8) is 0 Å². The van der Waals surface area contributed by atoms with Crippen molar-refractivity contribution in [2.24, 2.45) is 10.7 Å². The van der Waals surface area contributed by atoms with Crippen LogP contribution in [0.3, 0.4) is 0 Å². The Kier molecular flexibility index (Phi) is 12.0. The number of aryl methyl sites for hydroxylation is 3. The molecule has 1 aliphatic carbocycles. The van der Waals surface area contributed by atoms with Crippen molar-refractivity contribution >= 4 is 29.2 Å². The van der Waals surface area contributed by atoms with E-state index in [2.05, 4.69) is 20.3 Å². The Morgan fingerprint density at radius 1 is 0.965 bits per heavy atom. The fourth-order valence-electron chi connectivity index (χ4n) is 7.47. The van der Waals surface area contributed by atoms with E-state index < -0.39 is 54.1 Å². The highest BCUT2D eigenvalue weighted by Gasteiger charge is 2.55. The van der Waals surface area contributed by atoms with Gasteiger partial charge in [-0.15, -0.1) is 0 Å². The molecule has 0 unspecified atom stereocenters. The number of methoxy groups -OCH3 is 1. The number of aliphatic hydroxyl groups excluding tert-OH is 3. The van der Waals surface area contributed by atoms with Gasteiger partial charge in [-0.25, -0.2) is 9.97 Å². The molecular weight excluding hydrogens is 738 g/mol. The lowest BCUT2D eigenvalue weighted by Crippen LogP contribution is -2.68. The summed E-state index contributed by atoms with van der Waals surface area (Å²) in [6, 6.07) is 9.69. The number of carbonyl (C=O) groups excluding carboxylic acids is 2. The van der Waals surface area contributed by atoms with E-state index in [-0.39, 0.29) is 71.3 Å². The van der Waals surface area contributed by atoms with Gasteiger partial charge in [-0.1, -0.05) is 13.0 Å². The molecule has 12 N–H and O–H groups in total. The quantitative estimate of drug-likeness (QED) is 0.0586. The molecule has 17 heteroatoms. The third-order valence-corrected chi connectivity index (χ3v) is 10.6. The van der Waals surface area contributed by atoms with Crippen molar-refractivity contribution in [2.75, 3.05) is 32.2 Å². The van der Waals surface area contributed by atoms with Gasteiger partial charge < -0.3 is 62.3 Å². The number of nitrogens with one attached hydrogen (secondary N) is 1. The van der Waals surface area contributed by atoms with Crippen LogP contribution in [0.2, 0.25) is 0 Å². The third kappa shape index (κ3) is 7.79. The average Bonchev–Trinajstić information content (AvgIpc) is 3.20. The highest BCUT2D eigenvalue weighted by Crippen LogP contribution is 2.45. The first-order valence-corrected chi connectivity index (χ1v) is 18.3. The van der Waals surface area contributed by atoms with Crippen LogP contribution in [0.5, 0.6) is 17.2 Å². The average molecular weight is 786 g/mol. The molecule has 57 heavy (non-hydrogen) atoms. The maximum absolute atomic E-state index is 14.7. The number of carbonyl (C=O) groups is 2. The number of ketones is 2. The molecule has 1 saturated heterocycles. The second kappa shape index (κ2) is 16.7. The van der Waals surface area contributed by atoms with Gasteiger partial charge in [0, 0.05) is 54.3 Å². The molecule has 0 saturated carbocycles. The van der Waals surface area contributed by atoms with Gasteiger partial charge in [-0.05, 0) is 73.1 Å². The van der Waals surface area contributed by atoms with E-state index in [1.807, 2.05) is 6.07 Å². The zero-order valence-electron chi connectivity index (χ0n) is 31.7. The SMILES string of the molecule is CCc1c(OC)cc(O[C@@H]2O[C@H](CO)[C@](O)(CCc3ccnc(N)c3)[C@H](O)[C@H]2O)c2c1C(=O)c1cc(CCc3ccc(N)nc3)c(CNC(N)=NC)c(O)c1C2=O. The summed E-state index contributed by atoms with van der Waals surface area (Å²) in [4.78, 5) is 41.4. The summed E-state index contributed by atoms with van der Waals surface area (Å²) < 4.78 is 17.7. The van der Waals surface area contributed by atoms with Crippen LogP contribution in [-0.4, -0.2) is 104 Å².